The highest BCUT2D eigenvalue weighted by atomic mass is 32.1. The molecule has 4 aromatic rings. The average molecular weight is 414 g/mol. The second kappa shape index (κ2) is 7.50. The molecule has 0 bridgehead atoms. The number of thiophene rings is 1. The Hall–Kier alpha value is -3.31. The second-order valence-electron chi connectivity index (χ2n) is 7.71. The highest BCUT2D eigenvalue weighted by Gasteiger charge is 2.33. The van der Waals surface area contributed by atoms with Crippen molar-refractivity contribution in [1.29, 1.82) is 0 Å². The molecule has 0 fully saturated rings. The molecule has 5 heteroatoms. The molecule has 4 nitrogen and oxygen atoms in total. The minimum absolute atomic E-state index is 0.0962. The molecule has 1 aliphatic rings. The van der Waals surface area contributed by atoms with Crippen LogP contribution in [0, 0.1) is 13.8 Å². The van der Waals surface area contributed by atoms with Crippen LogP contribution in [0.3, 0.4) is 0 Å². The third kappa shape index (κ3) is 3.21. The number of carbonyl (C=O) groups is 1. The lowest BCUT2D eigenvalue weighted by atomic mass is 10.1. The van der Waals surface area contributed by atoms with Crippen LogP contribution in [0.25, 0.3) is 5.69 Å². The quantitative estimate of drug-likeness (QED) is 0.412. The van der Waals surface area contributed by atoms with Crippen molar-refractivity contribution >= 4 is 23.1 Å². The van der Waals surface area contributed by atoms with Crippen molar-refractivity contribution in [3.63, 3.8) is 0 Å². The van der Waals surface area contributed by atoms with Crippen molar-refractivity contribution in [2.45, 2.75) is 26.4 Å². The predicted octanol–water partition coefficient (Wildman–Crippen LogP) is 6.29. The van der Waals surface area contributed by atoms with Gasteiger partial charge in [-0.2, -0.15) is 0 Å². The molecule has 1 atom stereocenters. The Labute approximate surface area is 180 Å². The van der Waals surface area contributed by atoms with E-state index in [1.54, 1.807) is 11.3 Å². The molecule has 0 saturated carbocycles. The molecular formula is C25H23N3OS. The van der Waals surface area contributed by atoms with Gasteiger partial charge in [0.2, 0.25) is 0 Å². The van der Waals surface area contributed by atoms with E-state index >= 15 is 0 Å². The maximum Gasteiger partial charge on any atom is 0.323 e. The number of rotatable bonds is 2. The summed E-state index contributed by atoms with van der Waals surface area (Å²) in [5, 5.41) is 5.21. The van der Waals surface area contributed by atoms with Gasteiger partial charge in [-0.15, -0.1) is 11.3 Å². The number of nitrogens with one attached hydrogen (secondary N) is 1. The number of fused-ring (bicyclic) bond motifs is 3. The van der Waals surface area contributed by atoms with Crippen LogP contribution in [0.1, 0.15) is 33.3 Å². The fourth-order valence-electron chi connectivity index (χ4n) is 4.10. The lowest BCUT2D eigenvalue weighted by Crippen LogP contribution is -2.37. The molecule has 0 saturated heterocycles. The monoisotopic (exact) mass is 413 g/mol. The number of nitrogens with zero attached hydrogens (tertiary/aromatic N) is 2. The SMILES string of the molecule is Cc1ccc(NC(=O)N2Cc3ccccc3-n3cccc3[C@H]2c2cccs2)cc1C. The molecule has 0 spiro atoms. The maximum absolute atomic E-state index is 13.6. The zero-order valence-electron chi connectivity index (χ0n) is 17.0. The van der Waals surface area contributed by atoms with Crippen molar-refractivity contribution in [2.75, 3.05) is 5.32 Å². The van der Waals surface area contributed by atoms with Gasteiger partial charge >= 0.3 is 6.03 Å². The van der Waals surface area contributed by atoms with Gasteiger partial charge in [0.25, 0.3) is 0 Å². The lowest BCUT2D eigenvalue weighted by molar-refractivity contribution is 0.195. The third-order valence-corrected chi connectivity index (χ3v) is 6.72. The number of benzene rings is 2. The summed E-state index contributed by atoms with van der Waals surface area (Å²) >= 11 is 1.68. The predicted molar refractivity (Wildman–Crippen MR) is 122 cm³/mol. The van der Waals surface area contributed by atoms with Gasteiger partial charge in [0.05, 0.1) is 17.9 Å². The van der Waals surface area contributed by atoms with Gasteiger partial charge in [-0.25, -0.2) is 4.79 Å². The largest absolute Gasteiger partial charge is 0.323 e. The van der Waals surface area contributed by atoms with Crippen LogP contribution in [-0.2, 0) is 6.54 Å². The summed E-state index contributed by atoms with van der Waals surface area (Å²) in [6, 6.07) is 22.4. The Morgan fingerprint density at radius 2 is 1.87 bits per heavy atom. The van der Waals surface area contributed by atoms with Crippen LogP contribution < -0.4 is 5.32 Å². The van der Waals surface area contributed by atoms with Crippen LogP contribution in [0.5, 0.6) is 0 Å². The summed E-state index contributed by atoms with van der Waals surface area (Å²) in [7, 11) is 0. The standard InChI is InChI=1S/C25H23N3OS/c1-17-11-12-20(15-18(17)2)26-25(29)28-16-19-7-3-4-8-21(19)27-13-5-9-22(27)24(28)23-10-6-14-30-23/h3-15,24H,16H2,1-2H3,(H,26,29)/t24-/m0/s1. The van der Waals surface area contributed by atoms with Gasteiger partial charge in [-0.1, -0.05) is 30.3 Å². The molecular weight excluding hydrogens is 390 g/mol. The van der Waals surface area contributed by atoms with Gasteiger partial charge in [-0.05, 0) is 72.3 Å². The molecule has 1 aliphatic heterocycles. The van der Waals surface area contributed by atoms with E-state index < -0.39 is 0 Å². The minimum Gasteiger partial charge on any atom is -0.318 e. The number of urea groups is 1. The first kappa shape index (κ1) is 18.7. The van der Waals surface area contributed by atoms with Crippen LogP contribution in [0.2, 0.25) is 0 Å². The first-order valence-electron chi connectivity index (χ1n) is 10.1. The van der Waals surface area contributed by atoms with E-state index in [1.165, 1.54) is 5.56 Å². The maximum atomic E-state index is 13.6. The summed E-state index contributed by atoms with van der Waals surface area (Å²) in [6.07, 6.45) is 2.08. The number of aryl methyl sites for hydroxylation is 2. The lowest BCUT2D eigenvalue weighted by Gasteiger charge is -2.30. The Balaban J connectivity index is 1.60. The summed E-state index contributed by atoms with van der Waals surface area (Å²) in [4.78, 5) is 16.7. The fourth-order valence-corrected chi connectivity index (χ4v) is 4.95. The van der Waals surface area contributed by atoms with Gasteiger partial charge in [0, 0.05) is 16.8 Å². The average Bonchev–Trinajstić information content (AvgIpc) is 3.42. The van der Waals surface area contributed by atoms with Gasteiger partial charge in [0.15, 0.2) is 0 Å². The number of carbonyl (C=O) groups excluding carboxylic acids is 1. The number of amides is 2. The van der Waals surface area contributed by atoms with Crippen molar-refractivity contribution in [3.05, 3.63) is 106 Å². The molecule has 2 aromatic heterocycles. The molecule has 30 heavy (non-hydrogen) atoms. The third-order valence-electron chi connectivity index (χ3n) is 5.80. The van der Waals surface area contributed by atoms with E-state index in [0.717, 1.165) is 33.1 Å². The summed E-state index contributed by atoms with van der Waals surface area (Å²) in [5.41, 5.74) is 6.55. The molecule has 0 aliphatic carbocycles. The van der Waals surface area contributed by atoms with Crippen molar-refractivity contribution in [1.82, 2.24) is 9.47 Å². The number of hydrogen-bond donors (Lipinski definition) is 1. The minimum atomic E-state index is -0.154. The van der Waals surface area contributed by atoms with E-state index in [0.29, 0.717) is 6.54 Å². The van der Waals surface area contributed by atoms with Crippen molar-refractivity contribution in [2.24, 2.45) is 0 Å². The highest BCUT2D eigenvalue weighted by Crippen LogP contribution is 2.38. The molecule has 2 aromatic carbocycles. The number of anilines is 1. The van der Waals surface area contributed by atoms with E-state index in [9.17, 15) is 4.79 Å². The van der Waals surface area contributed by atoms with E-state index in [1.807, 2.05) is 41.3 Å². The smallest absolute Gasteiger partial charge is 0.318 e. The summed E-state index contributed by atoms with van der Waals surface area (Å²) in [6.45, 7) is 4.68. The summed E-state index contributed by atoms with van der Waals surface area (Å²) in [5.74, 6) is 0. The molecule has 5 rings (SSSR count). The van der Waals surface area contributed by atoms with Gasteiger partial charge < -0.3 is 14.8 Å². The van der Waals surface area contributed by atoms with Gasteiger partial charge in [0.1, 0.15) is 6.04 Å². The Kier molecular flexibility index (Phi) is 4.68. The molecule has 1 N–H and O–H groups in total. The van der Waals surface area contributed by atoms with Crippen LogP contribution >= 0.6 is 11.3 Å². The first-order chi connectivity index (χ1) is 14.6. The van der Waals surface area contributed by atoms with Crippen LogP contribution in [0.4, 0.5) is 10.5 Å². The first-order valence-corrected chi connectivity index (χ1v) is 10.9. The Morgan fingerprint density at radius 1 is 1.00 bits per heavy atom. The molecule has 3 heterocycles. The van der Waals surface area contributed by atoms with Crippen LogP contribution in [0.15, 0.2) is 78.3 Å². The van der Waals surface area contributed by atoms with E-state index in [4.69, 9.17) is 0 Å². The molecule has 0 unspecified atom stereocenters. The van der Waals surface area contributed by atoms with E-state index in [-0.39, 0.29) is 12.1 Å². The normalized spacial score (nSPS) is 15.3. The van der Waals surface area contributed by atoms with Crippen molar-refractivity contribution in [3.8, 4) is 5.69 Å². The van der Waals surface area contributed by atoms with Crippen molar-refractivity contribution < 1.29 is 4.79 Å². The second-order valence-corrected chi connectivity index (χ2v) is 8.69. The van der Waals surface area contributed by atoms with Gasteiger partial charge in [-0.3, -0.25) is 0 Å². The molecule has 150 valence electrons. The zero-order valence-corrected chi connectivity index (χ0v) is 17.8. The number of para-hydroxylation sites is 1. The highest BCUT2D eigenvalue weighted by molar-refractivity contribution is 7.10. The van der Waals surface area contributed by atoms with E-state index in [2.05, 4.69) is 65.6 Å². The number of aromatic nitrogens is 1. The van der Waals surface area contributed by atoms with Crippen LogP contribution in [-0.4, -0.2) is 15.5 Å². The molecule has 0 radical (unpaired) electrons. The molecule has 2 amide bonds. The number of hydrogen-bond acceptors (Lipinski definition) is 2. The topological polar surface area (TPSA) is 37.3 Å². The zero-order chi connectivity index (χ0) is 20.7. The fraction of sp³-hybridized carbons (Fsp3) is 0.160. The summed E-state index contributed by atoms with van der Waals surface area (Å²) < 4.78 is 2.21. The Morgan fingerprint density at radius 3 is 2.67 bits per heavy atom. The Bertz CT molecular complexity index is 1210.